The molecule has 0 fully saturated rings. The van der Waals surface area contributed by atoms with E-state index in [2.05, 4.69) is 10.2 Å². The van der Waals surface area contributed by atoms with Gasteiger partial charge in [-0.15, -0.1) is 5.10 Å². The van der Waals surface area contributed by atoms with Crippen LogP contribution >= 0.6 is 11.8 Å². The minimum atomic E-state index is -0.660. The zero-order chi connectivity index (χ0) is 15.2. The van der Waals surface area contributed by atoms with E-state index in [-0.39, 0.29) is 23.4 Å². The van der Waals surface area contributed by atoms with Crippen molar-refractivity contribution in [3.63, 3.8) is 0 Å². The summed E-state index contributed by atoms with van der Waals surface area (Å²) in [5.41, 5.74) is 0.896. The van der Waals surface area contributed by atoms with E-state index in [4.69, 9.17) is 9.15 Å². The molecular formula is C12H11N3O5S. The van der Waals surface area contributed by atoms with Crippen LogP contribution in [0.3, 0.4) is 0 Å². The maximum absolute atomic E-state index is 11.3. The molecular weight excluding hydrogens is 298 g/mol. The van der Waals surface area contributed by atoms with Crippen LogP contribution in [0.25, 0.3) is 0 Å². The van der Waals surface area contributed by atoms with Crippen molar-refractivity contribution in [1.82, 2.24) is 10.2 Å². The lowest BCUT2D eigenvalue weighted by Crippen LogP contribution is -2.04. The summed E-state index contributed by atoms with van der Waals surface area (Å²) in [7, 11) is 0. The van der Waals surface area contributed by atoms with Crippen molar-refractivity contribution in [2.45, 2.75) is 17.9 Å². The second kappa shape index (κ2) is 6.84. The Hall–Kier alpha value is -2.42. The number of nitro benzene ring substituents is 1. The lowest BCUT2D eigenvalue weighted by molar-refractivity contribution is -0.384. The molecule has 21 heavy (non-hydrogen) atoms. The van der Waals surface area contributed by atoms with Crippen molar-refractivity contribution in [1.29, 1.82) is 0 Å². The lowest BCUT2D eigenvalue weighted by Gasteiger charge is -1.98. The Balaban J connectivity index is 1.94. The summed E-state index contributed by atoms with van der Waals surface area (Å²) in [6, 6.07) is 6.14. The molecule has 0 saturated carbocycles. The molecule has 0 spiro atoms. The van der Waals surface area contributed by atoms with Gasteiger partial charge < -0.3 is 9.15 Å². The number of esters is 1. The van der Waals surface area contributed by atoms with Gasteiger partial charge in [0.1, 0.15) is 0 Å². The molecule has 2 aromatic rings. The Morgan fingerprint density at radius 1 is 1.38 bits per heavy atom. The molecule has 0 saturated heterocycles. The molecule has 1 heterocycles. The number of nitro groups is 1. The number of hydrogen-bond acceptors (Lipinski definition) is 8. The first-order valence-corrected chi connectivity index (χ1v) is 6.95. The Morgan fingerprint density at radius 3 is 2.71 bits per heavy atom. The summed E-state index contributed by atoms with van der Waals surface area (Å²) >= 11 is 1.23. The highest BCUT2D eigenvalue weighted by Gasteiger charge is 2.16. The number of benzene rings is 1. The van der Waals surface area contributed by atoms with Crippen molar-refractivity contribution in [3.8, 4) is 0 Å². The predicted octanol–water partition coefficient (Wildman–Crippen LogP) is 2.45. The highest BCUT2D eigenvalue weighted by Crippen LogP contribution is 2.23. The molecule has 0 aliphatic rings. The van der Waals surface area contributed by atoms with Crippen molar-refractivity contribution in [2.75, 3.05) is 6.61 Å². The predicted molar refractivity (Wildman–Crippen MR) is 72.9 cm³/mol. The number of rotatable bonds is 6. The van der Waals surface area contributed by atoms with Gasteiger partial charge >= 0.3 is 11.9 Å². The average Bonchev–Trinajstić information content (AvgIpc) is 2.95. The normalized spacial score (nSPS) is 10.3. The first kappa shape index (κ1) is 15.0. The molecule has 0 radical (unpaired) electrons. The van der Waals surface area contributed by atoms with E-state index < -0.39 is 10.9 Å². The molecule has 0 bridgehead atoms. The molecule has 8 nitrogen and oxygen atoms in total. The van der Waals surface area contributed by atoms with Gasteiger partial charge in [-0.05, 0) is 12.5 Å². The molecule has 1 aromatic carbocycles. The van der Waals surface area contributed by atoms with Crippen LogP contribution in [0.2, 0.25) is 0 Å². The van der Waals surface area contributed by atoms with Crippen LogP contribution in [-0.2, 0) is 10.5 Å². The Morgan fingerprint density at radius 2 is 2.10 bits per heavy atom. The highest BCUT2D eigenvalue weighted by molar-refractivity contribution is 7.98. The standard InChI is InChI=1S/C12H11N3O5S/c1-2-19-11(16)10-13-14-12(20-10)21-7-8-3-5-9(6-4-8)15(17)18/h3-6H,2,7H2,1H3. The Kier molecular flexibility index (Phi) is 4.88. The fourth-order valence-electron chi connectivity index (χ4n) is 1.40. The first-order valence-electron chi connectivity index (χ1n) is 5.97. The molecule has 0 N–H and O–H groups in total. The number of hydrogen-bond donors (Lipinski definition) is 0. The topological polar surface area (TPSA) is 108 Å². The molecule has 9 heteroatoms. The summed E-state index contributed by atoms with van der Waals surface area (Å²) in [5.74, 6) is -0.363. The minimum absolute atomic E-state index is 0.0335. The summed E-state index contributed by atoms with van der Waals surface area (Å²) in [6.07, 6.45) is 0. The fourth-order valence-corrected chi connectivity index (χ4v) is 2.12. The third kappa shape index (κ3) is 4.02. The van der Waals surface area contributed by atoms with Crippen LogP contribution in [-0.4, -0.2) is 27.7 Å². The van der Waals surface area contributed by atoms with Gasteiger partial charge in [-0.3, -0.25) is 10.1 Å². The third-order valence-corrected chi connectivity index (χ3v) is 3.26. The fraction of sp³-hybridized carbons (Fsp3) is 0.250. The van der Waals surface area contributed by atoms with Gasteiger partial charge in [-0.1, -0.05) is 29.0 Å². The minimum Gasteiger partial charge on any atom is -0.459 e. The second-order valence-electron chi connectivity index (χ2n) is 3.81. The van der Waals surface area contributed by atoms with Crippen LogP contribution in [0, 0.1) is 10.1 Å². The molecule has 0 unspecified atom stereocenters. The Bertz CT molecular complexity index is 641. The highest BCUT2D eigenvalue weighted by atomic mass is 32.2. The van der Waals surface area contributed by atoms with E-state index in [1.54, 1.807) is 19.1 Å². The smallest absolute Gasteiger partial charge is 0.396 e. The van der Waals surface area contributed by atoms with E-state index in [1.165, 1.54) is 23.9 Å². The molecule has 0 atom stereocenters. The van der Waals surface area contributed by atoms with Crippen LogP contribution < -0.4 is 0 Å². The number of aromatic nitrogens is 2. The summed E-state index contributed by atoms with van der Waals surface area (Å²) in [6.45, 7) is 1.91. The van der Waals surface area contributed by atoms with Crippen molar-refractivity contribution in [3.05, 3.63) is 45.8 Å². The van der Waals surface area contributed by atoms with Crippen molar-refractivity contribution in [2.24, 2.45) is 0 Å². The van der Waals surface area contributed by atoms with E-state index in [9.17, 15) is 14.9 Å². The van der Waals surface area contributed by atoms with E-state index >= 15 is 0 Å². The number of carbonyl (C=O) groups excluding carboxylic acids is 1. The second-order valence-corrected chi connectivity index (χ2v) is 4.73. The maximum Gasteiger partial charge on any atom is 0.396 e. The molecule has 0 aliphatic heterocycles. The van der Waals surface area contributed by atoms with Crippen molar-refractivity contribution >= 4 is 23.4 Å². The molecule has 110 valence electrons. The first-order chi connectivity index (χ1) is 10.1. The summed E-state index contributed by atoms with van der Waals surface area (Å²) in [4.78, 5) is 21.4. The van der Waals surface area contributed by atoms with E-state index in [0.717, 1.165) is 5.56 Å². The number of carbonyl (C=O) groups is 1. The zero-order valence-corrected chi connectivity index (χ0v) is 11.8. The van der Waals surface area contributed by atoms with Crippen molar-refractivity contribution < 1.29 is 18.9 Å². The SMILES string of the molecule is CCOC(=O)c1nnc(SCc2ccc([N+](=O)[O-])cc2)o1. The largest absolute Gasteiger partial charge is 0.459 e. The summed E-state index contributed by atoms with van der Waals surface area (Å²) in [5, 5.41) is 18.1. The molecule has 0 aliphatic carbocycles. The van der Waals surface area contributed by atoms with Crippen LogP contribution in [0.5, 0.6) is 0 Å². The summed E-state index contributed by atoms with van der Waals surface area (Å²) < 4.78 is 9.87. The van der Waals surface area contributed by atoms with Crippen LogP contribution in [0.15, 0.2) is 33.9 Å². The van der Waals surface area contributed by atoms with Crippen LogP contribution in [0.1, 0.15) is 23.2 Å². The quantitative estimate of drug-likeness (QED) is 0.346. The number of nitrogens with zero attached hydrogens (tertiary/aromatic N) is 3. The number of ether oxygens (including phenoxy) is 1. The van der Waals surface area contributed by atoms with Gasteiger partial charge in [0.25, 0.3) is 10.9 Å². The Labute approximate surface area is 123 Å². The average molecular weight is 309 g/mol. The van der Waals surface area contributed by atoms with E-state index in [1.807, 2.05) is 0 Å². The van der Waals surface area contributed by atoms with Gasteiger partial charge in [0.15, 0.2) is 0 Å². The maximum atomic E-state index is 11.3. The van der Waals surface area contributed by atoms with Gasteiger partial charge in [0.2, 0.25) is 0 Å². The molecule has 2 rings (SSSR count). The van der Waals surface area contributed by atoms with Gasteiger partial charge in [-0.25, -0.2) is 4.79 Å². The van der Waals surface area contributed by atoms with Crippen LogP contribution in [0.4, 0.5) is 5.69 Å². The lowest BCUT2D eigenvalue weighted by atomic mass is 10.2. The van der Waals surface area contributed by atoms with E-state index in [0.29, 0.717) is 5.75 Å². The van der Waals surface area contributed by atoms with Gasteiger partial charge in [-0.2, -0.15) is 0 Å². The zero-order valence-electron chi connectivity index (χ0n) is 11.0. The van der Waals surface area contributed by atoms with Gasteiger partial charge in [0.05, 0.1) is 11.5 Å². The van der Waals surface area contributed by atoms with Gasteiger partial charge in [0, 0.05) is 17.9 Å². The third-order valence-electron chi connectivity index (χ3n) is 2.37. The number of non-ortho nitro benzene ring substituents is 1. The monoisotopic (exact) mass is 309 g/mol. The molecule has 0 amide bonds. The number of thioether (sulfide) groups is 1. The molecule has 1 aromatic heterocycles.